The Balaban J connectivity index is 2.81. The Morgan fingerprint density at radius 1 is 1.35 bits per heavy atom. The minimum Gasteiger partial charge on any atom is -0.374 e. The first-order valence-corrected chi connectivity index (χ1v) is 5.80. The summed E-state index contributed by atoms with van der Waals surface area (Å²) in [7, 11) is 0. The van der Waals surface area contributed by atoms with Crippen LogP contribution >= 0.6 is 11.3 Å². The Bertz CT molecular complexity index is 716. The van der Waals surface area contributed by atoms with E-state index in [9.17, 15) is 9.59 Å². The van der Waals surface area contributed by atoms with Crippen LogP contribution in [0.1, 0.15) is 19.4 Å². The topological polar surface area (TPSA) is 102 Å². The molecule has 0 saturated heterocycles. The van der Waals surface area contributed by atoms with Gasteiger partial charge in [0.2, 0.25) is 0 Å². The molecular weight excluding hydrogens is 240 g/mol. The summed E-state index contributed by atoms with van der Waals surface area (Å²) in [5.41, 5.74) is -0.466. The van der Waals surface area contributed by atoms with Crippen molar-refractivity contribution < 1.29 is 0 Å². The Morgan fingerprint density at radius 3 is 2.65 bits per heavy atom. The van der Waals surface area contributed by atoms with Gasteiger partial charge >= 0.3 is 5.69 Å². The van der Waals surface area contributed by atoms with Crippen molar-refractivity contribution in [1.82, 2.24) is 9.97 Å². The number of H-pyrrole nitrogens is 2. The summed E-state index contributed by atoms with van der Waals surface area (Å²) in [6.45, 7) is 3.86. The lowest BCUT2D eigenvalue weighted by Crippen LogP contribution is -2.20. The van der Waals surface area contributed by atoms with Gasteiger partial charge in [0.15, 0.2) is 0 Å². The molecule has 0 aromatic carbocycles. The number of nitrogens with one attached hydrogen (secondary N) is 3. The van der Waals surface area contributed by atoms with Crippen molar-refractivity contribution in [3.63, 3.8) is 0 Å². The molecule has 6 nitrogen and oxygen atoms in total. The van der Waals surface area contributed by atoms with Gasteiger partial charge in [-0.2, -0.15) is 5.26 Å². The molecule has 0 aliphatic heterocycles. The van der Waals surface area contributed by atoms with Gasteiger partial charge in [0.1, 0.15) is 21.3 Å². The fraction of sp³-hybridized carbons (Fsp3) is 0.300. The highest BCUT2D eigenvalue weighted by atomic mass is 32.1. The van der Waals surface area contributed by atoms with Crippen LogP contribution in [0.2, 0.25) is 0 Å². The first-order chi connectivity index (χ1) is 8.02. The van der Waals surface area contributed by atoms with E-state index in [1.807, 2.05) is 19.9 Å². The molecule has 0 amide bonds. The monoisotopic (exact) mass is 250 g/mol. The minimum absolute atomic E-state index is 0.140. The maximum atomic E-state index is 11.6. The molecule has 0 unspecified atom stereocenters. The van der Waals surface area contributed by atoms with Gasteiger partial charge in [-0.3, -0.25) is 9.78 Å². The van der Waals surface area contributed by atoms with E-state index in [1.54, 1.807) is 0 Å². The summed E-state index contributed by atoms with van der Waals surface area (Å²) >= 11 is 1.16. The van der Waals surface area contributed by atoms with Gasteiger partial charge in [-0.15, -0.1) is 11.3 Å². The number of hydrogen-bond donors (Lipinski definition) is 3. The Hall–Kier alpha value is -2.07. The standard InChI is InChI=1S/C10H10N4O2S/c1-4(2)12-9-5(3-11)6-7(17-9)8(15)14-10(16)13-6/h4,12H,1-2H3,(H2,13,14,15,16). The molecule has 17 heavy (non-hydrogen) atoms. The van der Waals surface area contributed by atoms with Crippen molar-refractivity contribution in [1.29, 1.82) is 5.26 Å². The zero-order valence-electron chi connectivity index (χ0n) is 9.25. The summed E-state index contributed by atoms with van der Waals surface area (Å²) in [6.07, 6.45) is 0. The third kappa shape index (κ3) is 1.94. The van der Waals surface area contributed by atoms with Crippen molar-refractivity contribution in [2.45, 2.75) is 19.9 Å². The third-order valence-electron chi connectivity index (χ3n) is 2.11. The zero-order chi connectivity index (χ0) is 12.6. The van der Waals surface area contributed by atoms with E-state index in [-0.39, 0.29) is 6.04 Å². The number of thiophene rings is 1. The van der Waals surface area contributed by atoms with Gasteiger partial charge in [-0.25, -0.2) is 4.79 Å². The summed E-state index contributed by atoms with van der Waals surface area (Å²) in [4.78, 5) is 27.4. The quantitative estimate of drug-likeness (QED) is 0.739. The number of rotatable bonds is 2. The normalized spacial score (nSPS) is 10.7. The van der Waals surface area contributed by atoms with E-state index in [4.69, 9.17) is 5.26 Å². The van der Waals surface area contributed by atoms with Crippen LogP contribution in [0.25, 0.3) is 10.2 Å². The molecule has 0 aliphatic carbocycles. The number of fused-ring (bicyclic) bond motifs is 1. The maximum Gasteiger partial charge on any atom is 0.326 e. The summed E-state index contributed by atoms with van der Waals surface area (Å²) in [6, 6.07) is 2.14. The number of aromatic amines is 2. The van der Waals surface area contributed by atoms with E-state index in [1.165, 1.54) is 0 Å². The second-order valence-corrected chi connectivity index (χ2v) is 4.85. The number of nitrogens with zero attached hydrogens (tertiary/aromatic N) is 1. The molecule has 0 bridgehead atoms. The van der Waals surface area contributed by atoms with E-state index in [2.05, 4.69) is 15.3 Å². The largest absolute Gasteiger partial charge is 0.374 e. The third-order valence-corrected chi connectivity index (χ3v) is 3.23. The highest BCUT2D eigenvalue weighted by Gasteiger charge is 2.15. The highest BCUT2D eigenvalue weighted by Crippen LogP contribution is 2.31. The van der Waals surface area contributed by atoms with E-state index < -0.39 is 11.2 Å². The number of nitriles is 1. The van der Waals surface area contributed by atoms with Crippen molar-refractivity contribution in [3.05, 3.63) is 26.4 Å². The molecule has 7 heteroatoms. The van der Waals surface area contributed by atoms with E-state index >= 15 is 0 Å². The molecule has 2 rings (SSSR count). The smallest absolute Gasteiger partial charge is 0.326 e. The van der Waals surface area contributed by atoms with E-state index in [0.29, 0.717) is 20.8 Å². The van der Waals surface area contributed by atoms with Crippen LogP contribution in [-0.4, -0.2) is 16.0 Å². The first-order valence-electron chi connectivity index (χ1n) is 4.98. The van der Waals surface area contributed by atoms with Crippen molar-refractivity contribution in [2.75, 3.05) is 5.32 Å². The van der Waals surface area contributed by atoms with Gasteiger partial charge in [0, 0.05) is 6.04 Å². The van der Waals surface area contributed by atoms with Crippen LogP contribution in [0.5, 0.6) is 0 Å². The van der Waals surface area contributed by atoms with Crippen LogP contribution in [0.4, 0.5) is 5.00 Å². The van der Waals surface area contributed by atoms with Gasteiger partial charge in [0.05, 0.1) is 5.52 Å². The molecule has 0 spiro atoms. The van der Waals surface area contributed by atoms with Gasteiger partial charge in [-0.05, 0) is 13.8 Å². The SMILES string of the molecule is CC(C)Nc1sc2c(=O)[nH]c(=O)[nH]c2c1C#N. The van der Waals surface area contributed by atoms with Crippen molar-refractivity contribution in [3.8, 4) is 6.07 Å². The Kier molecular flexibility index (Phi) is 2.73. The first kappa shape index (κ1) is 11.4. The van der Waals surface area contributed by atoms with Crippen LogP contribution < -0.4 is 16.6 Å². The number of hydrogen-bond acceptors (Lipinski definition) is 5. The molecule has 2 aromatic rings. The predicted octanol–water partition coefficient (Wildman–Crippen LogP) is 0.970. The molecule has 0 saturated carbocycles. The molecule has 88 valence electrons. The molecule has 0 radical (unpaired) electrons. The number of aromatic nitrogens is 2. The summed E-state index contributed by atoms with van der Waals surface area (Å²) in [5, 5.41) is 12.8. The Labute approximate surface area is 99.9 Å². The lowest BCUT2D eigenvalue weighted by atomic mass is 10.3. The predicted molar refractivity (Wildman–Crippen MR) is 66.5 cm³/mol. The average Bonchev–Trinajstić information content (AvgIpc) is 2.54. The van der Waals surface area contributed by atoms with Gasteiger partial charge in [-0.1, -0.05) is 0 Å². The van der Waals surface area contributed by atoms with Crippen LogP contribution in [0.3, 0.4) is 0 Å². The lowest BCUT2D eigenvalue weighted by Gasteiger charge is -2.06. The van der Waals surface area contributed by atoms with Gasteiger partial charge < -0.3 is 10.3 Å². The molecular formula is C10H10N4O2S. The van der Waals surface area contributed by atoms with Crippen LogP contribution in [-0.2, 0) is 0 Å². The van der Waals surface area contributed by atoms with E-state index in [0.717, 1.165) is 11.3 Å². The van der Waals surface area contributed by atoms with Crippen molar-refractivity contribution >= 4 is 26.6 Å². The second kappa shape index (κ2) is 4.07. The molecule has 2 aromatic heterocycles. The molecule has 0 atom stereocenters. The highest BCUT2D eigenvalue weighted by molar-refractivity contribution is 7.23. The fourth-order valence-corrected chi connectivity index (χ4v) is 2.63. The van der Waals surface area contributed by atoms with Crippen molar-refractivity contribution in [2.24, 2.45) is 0 Å². The molecule has 0 aliphatic rings. The van der Waals surface area contributed by atoms with Gasteiger partial charge in [0.25, 0.3) is 5.56 Å². The van der Waals surface area contributed by atoms with Crippen LogP contribution in [0, 0.1) is 11.3 Å². The fourth-order valence-electron chi connectivity index (χ4n) is 1.49. The molecule has 3 N–H and O–H groups in total. The Morgan fingerprint density at radius 2 is 2.06 bits per heavy atom. The molecule has 0 fully saturated rings. The lowest BCUT2D eigenvalue weighted by molar-refractivity contribution is 0.904. The average molecular weight is 250 g/mol. The van der Waals surface area contributed by atoms with Crippen LogP contribution in [0.15, 0.2) is 9.59 Å². The zero-order valence-corrected chi connectivity index (χ0v) is 10.1. The molecule has 2 heterocycles. The minimum atomic E-state index is -0.604. The maximum absolute atomic E-state index is 11.6. The summed E-state index contributed by atoms with van der Waals surface area (Å²) in [5.74, 6) is 0. The number of anilines is 1. The second-order valence-electron chi connectivity index (χ2n) is 3.83. The summed E-state index contributed by atoms with van der Waals surface area (Å²) < 4.78 is 0.351.